The van der Waals surface area contributed by atoms with Crippen LogP contribution in [0.3, 0.4) is 0 Å². The summed E-state index contributed by atoms with van der Waals surface area (Å²) >= 11 is 1.80. The van der Waals surface area contributed by atoms with Gasteiger partial charge in [0.1, 0.15) is 0 Å². The van der Waals surface area contributed by atoms with Gasteiger partial charge in [0.25, 0.3) is 0 Å². The maximum absolute atomic E-state index is 3.59. The highest BCUT2D eigenvalue weighted by Crippen LogP contribution is 2.15. The van der Waals surface area contributed by atoms with Crippen LogP contribution in [0, 0.1) is 6.92 Å². The van der Waals surface area contributed by atoms with Crippen LogP contribution in [0.15, 0.2) is 10.8 Å². The van der Waals surface area contributed by atoms with Gasteiger partial charge in [-0.2, -0.15) is 11.3 Å². The van der Waals surface area contributed by atoms with E-state index < -0.39 is 0 Å². The summed E-state index contributed by atoms with van der Waals surface area (Å²) in [5, 5.41) is 8.08. The van der Waals surface area contributed by atoms with E-state index in [4.69, 9.17) is 0 Å². The molecule has 2 rings (SSSR count). The van der Waals surface area contributed by atoms with Gasteiger partial charge in [-0.05, 0) is 55.2 Å². The van der Waals surface area contributed by atoms with Crippen molar-refractivity contribution < 1.29 is 0 Å². The van der Waals surface area contributed by atoms with Crippen LogP contribution in [0.5, 0.6) is 0 Å². The number of hydrogen-bond acceptors (Lipinski definition) is 3. The summed E-state index contributed by atoms with van der Waals surface area (Å²) in [5.74, 6) is 0. The van der Waals surface area contributed by atoms with E-state index in [-0.39, 0.29) is 0 Å². The molecule has 2 heterocycles. The molecule has 3 heteroatoms. The third-order valence-electron chi connectivity index (χ3n) is 3.58. The zero-order valence-corrected chi connectivity index (χ0v) is 11.1. The Morgan fingerprint density at radius 3 is 3.00 bits per heavy atom. The maximum Gasteiger partial charge on any atom is 0.0217 e. The lowest BCUT2D eigenvalue weighted by molar-refractivity contribution is 0.181. The molecular formula is C13H22N2S. The molecule has 0 bridgehead atoms. The molecule has 1 saturated heterocycles. The zero-order chi connectivity index (χ0) is 11.4. The molecule has 1 aliphatic rings. The normalized spacial score (nSPS) is 22.5. The second kappa shape index (κ2) is 5.80. The molecule has 90 valence electrons. The number of likely N-dealkylation sites (tertiary alicyclic amines) is 1. The molecule has 1 aliphatic heterocycles. The highest BCUT2D eigenvalue weighted by Gasteiger charge is 2.17. The Morgan fingerprint density at radius 1 is 1.44 bits per heavy atom. The van der Waals surface area contributed by atoms with Gasteiger partial charge >= 0.3 is 0 Å². The van der Waals surface area contributed by atoms with E-state index in [1.54, 1.807) is 11.3 Å². The van der Waals surface area contributed by atoms with Crippen LogP contribution < -0.4 is 5.32 Å². The van der Waals surface area contributed by atoms with Gasteiger partial charge in [-0.25, -0.2) is 0 Å². The third kappa shape index (κ3) is 3.06. The standard InChI is InChI=1S/C13H22N2S/c1-11-9-16-10-12(11)7-14-8-13-5-3-4-6-15(13)2/h9-10,13-14H,3-8H2,1-2H3. The predicted octanol–water partition coefficient (Wildman–Crippen LogP) is 2.63. The fourth-order valence-electron chi connectivity index (χ4n) is 2.34. The molecule has 0 radical (unpaired) electrons. The Hall–Kier alpha value is -0.380. The van der Waals surface area contributed by atoms with Crippen molar-refractivity contribution in [3.8, 4) is 0 Å². The first-order chi connectivity index (χ1) is 7.77. The van der Waals surface area contributed by atoms with Crippen molar-refractivity contribution in [3.05, 3.63) is 21.9 Å². The van der Waals surface area contributed by atoms with E-state index in [0.29, 0.717) is 0 Å². The first kappa shape index (κ1) is 12.1. The van der Waals surface area contributed by atoms with Gasteiger partial charge in [-0.1, -0.05) is 6.42 Å². The molecule has 16 heavy (non-hydrogen) atoms. The smallest absolute Gasteiger partial charge is 0.0217 e. The lowest BCUT2D eigenvalue weighted by atomic mass is 10.0. The molecule has 0 spiro atoms. The molecular weight excluding hydrogens is 216 g/mol. The molecule has 1 aromatic rings. The lowest BCUT2D eigenvalue weighted by Crippen LogP contribution is -2.42. The summed E-state index contributed by atoms with van der Waals surface area (Å²) in [5.41, 5.74) is 2.89. The van der Waals surface area contributed by atoms with Crippen LogP contribution in [0.4, 0.5) is 0 Å². The molecule has 0 amide bonds. The van der Waals surface area contributed by atoms with Gasteiger partial charge in [0.05, 0.1) is 0 Å². The van der Waals surface area contributed by atoms with E-state index in [0.717, 1.165) is 19.1 Å². The van der Waals surface area contributed by atoms with Crippen LogP contribution in [-0.4, -0.2) is 31.1 Å². The summed E-state index contributed by atoms with van der Waals surface area (Å²) < 4.78 is 0. The number of thiophene rings is 1. The lowest BCUT2D eigenvalue weighted by Gasteiger charge is -2.32. The van der Waals surface area contributed by atoms with E-state index in [9.17, 15) is 0 Å². The van der Waals surface area contributed by atoms with Crippen LogP contribution in [0.25, 0.3) is 0 Å². The Kier molecular flexibility index (Phi) is 4.38. The van der Waals surface area contributed by atoms with Gasteiger partial charge in [-0.15, -0.1) is 0 Å². The minimum absolute atomic E-state index is 0.743. The highest BCUT2D eigenvalue weighted by molar-refractivity contribution is 7.08. The van der Waals surface area contributed by atoms with Gasteiger partial charge in [0, 0.05) is 19.1 Å². The molecule has 0 saturated carbocycles. The van der Waals surface area contributed by atoms with Gasteiger partial charge in [0.15, 0.2) is 0 Å². The molecule has 1 unspecified atom stereocenters. The van der Waals surface area contributed by atoms with Crippen LogP contribution in [0.1, 0.15) is 30.4 Å². The largest absolute Gasteiger partial charge is 0.311 e. The highest BCUT2D eigenvalue weighted by atomic mass is 32.1. The van der Waals surface area contributed by atoms with Crippen molar-refractivity contribution in [3.63, 3.8) is 0 Å². The molecule has 0 aliphatic carbocycles. The molecule has 1 N–H and O–H groups in total. The number of likely N-dealkylation sites (N-methyl/N-ethyl adjacent to an activating group) is 1. The Labute approximate surface area is 103 Å². The van der Waals surface area contributed by atoms with Gasteiger partial charge < -0.3 is 10.2 Å². The first-order valence-electron chi connectivity index (χ1n) is 6.20. The molecule has 1 aromatic heterocycles. The summed E-state index contributed by atoms with van der Waals surface area (Å²) in [6.45, 7) is 5.62. The topological polar surface area (TPSA) is 15.3 Å². The second-order valence-corrected chi connectivity index (χ2v) is 5.58. The first-order valence-corrected chi connectivity index (χ1v) is 7.14. The van der Waals surface area contributed by atoms with Crippen LogP contribution in [0.2, 0.25) is 0 Å². The quantitative estimate of drug-likeness (QED) is 0.867. The molecule has 0 aromatic carbocycles. The fraction of sp³-hybridized carbons (Fsp3) is 0.692. The maximum atomic E-state index is 3.59. The predicted molar refractivity (Wildman–Crippen MR) is 71.0 cm³/mol. The third-order valence-corrected chi connectivity index (χ3v) is 4.49. The van der Waals surface area contributed by atoms with Crippen LogP contribution >= 0.6 is 11.3 Å². The van der Waals surface area contributed by atoms with E-state index in [2.05, 4.69) is 34.9 Å². The minimum Gasteiger partial charge on any atom is -0.311 e. The fourth-order valence-corrected chi connectivity index (χ4v) is 3.20. The van der Waals surface area contributed by atoms with Gasteiger partial charge in [-0.3, -0.25) is 0 Å². The monoisotopic (exact) mass is 238 g/mol. The zero-order valence-electron chi connectivity index (χ0n) is 10.3. The molecule has 1 atom stereocenters. The number of nitrogens with one attached hydrogen (secondary N) is 1. The Morgan fingerprint density at radius 2 is 2.31 bits per heavy atom. The average Bonchev–Trinajstić information content (AvgIpc) is 2.67. The molecule has 2 nitrogen and oxygen atoms in total. The number of nitrogens with zero attached hydrogens (tertiary/aromatic N) is 1. The van der Waals surface area contributed by atoms with Crippen molar-refractivity contribution in [2.45, 2.75) is 38.8 Å². The minimum atomic E-state index is 0.743. The summed E-state index contributed by atoms with van der Waals surface area (Å²) in [6.07, 6.45) is 4.12. The Balaban J connectivity index is 1.73. The van der Waals surface area contributed by atoms with Gasteiger partial charge in [0.2, 0.25) is 0 Å². The van der Waals surface area contributed by atoms with Crippen molar-refractivity contribution in [2.75, 3.05) is 20.1 Å². The van der Waals surface area contributed by atoms with E-state index in [1.165, 1.54) is 36.9 Å². The number of hydrogen-bond donors (Lipinski definition) is 1. The van der Waals surface area contributed by atoms with Crippen molar-refractivity contribution in [2.24, 2.45) is 0 Å². The SMILES string of the molecule is Cc1cscc1CNCC1CCCCN1C. The number of rotatable bonds is 4. The number of aryl methyl sites for hydroxylation is 1. The summed E-state index contributed by atoms with van der Waals surface area (Å²) in [7, 11) is 2.25. The molecule has 1 fully saturated rings. The van der Waals surface area contributed by atoms with Crippen molar-refractivity contribution in [1.29, 1.82) is 0 Å². The summed E-state index contributed by atoms with van der Waals surface area (Å²) in [4.78, 5) is 2.50. The van der Waals surface area contributed by atoms with E-state index in [1.807, 2.05) is 0 Å². The van der Waals surface area contributed by atoms with E-state index >= 15 is 0 Å². The average molecular weight is 238 g/mol. The van der Waals surface area contributed by atoms with Crippen molar-refractivity contribution in [1.82, 2.24) is 10.2 Å². The summed E-state index contributed by atoms with van der Waals surface area (Å²) in [6, 6.07) is 0.743. The Bertz CT molecular complexity index is 321. The second-order valence-electron chi connectivity index (χ2n) is 4.84. The van der Waals surface area contributed by atoms with Crippen LogP contribution in [-0.2, 0) is 6.54 Å². The van der Waals surface area contributed by atoms with Crippen molar-refractivity contribution >= 4 is 11.3 Å². The number of piperidine rings is 1.